The Labute approximate surface area is 134 Å². The fourth-order valence-electron chi connectivity index (χ4n) is 2.39. The largest absolute Gasteiger partial charge is 0.344 e. The van der Waals surface area contributed by atoms with Crippen LogP contribution in [-0.2, 0) is 0 Å². The fraction of sp³-hybridized carbons (Fsp3) is 0.105. The molecule has 0 spiro atoms. The number of carbonyl (C=O) groups excluding carboxylic acids is 1. The SMILES string of the molecule is CC(NC(=O)c1ccc2ccccc2n1)c1ccc(C#N)cc1. The molecule has 0 aliphatic carbocycles. The number of hydrogen-bond donors (Lipinski definition) is 1. The van der Waals surface area contributed by atoms with Crippen LogP contribution in [0.1, 0.15) is 34.6 Å². The molecule has 0 saturated heterocycles. The van der Waals surface area contributed by atoms with E-state index in [-0.39, 0.29) is 11.9 Å². The van der Waals surface area contributed by atoms with E-state index < -0.39 is 0 Å². The third-order valence-corrected chi connectivity index (χ3v) is 3.72. The number of carbonyl (C=O) groups is 1. The van der Waals surface area contributed by atoms with Crippen molar-refractivity contribution in [2.24, 2.45) is 0 Å². The predicted octanol–water partition coefficient (Wildman–Crippen LogP) is 3.60. The summed E-state index contributed by atoms with van der Waals surface area (Å²) in [4.78, 5) is 16.8. The van der Waals surface area contributed by atoms with E-state index in [0.29, 0.717) is 11.3 Å². The molecule has 3 aromatic rings. The van der Waals surface area contributed by atoms with Gasteiger partial charge in [-0.25, -0.2) is 4.98 Å². The van der Waals surface area contributed by atoms with Crippen molar-refractivity contribution >= 4 is 16.8 Å². The maximum atomic E-state index is 12.4. The predicted molar refractivity (Wildman–Crippen MR) is 88.8 cm³/mol. The monoisotopic (exact) mass is 301 g/mol. The second-order valence-electron chi connectivity index (χ2n) is 5.32. The van der Waals surface area contributed by atoms with E-state index >= 15 is 0 Å². The molecule has 0 fully saturated rings. The van der Waals surface area contributed by atoms with Gasteiger partial charge >= 0.3 is 0 Å². The molecule has 4 nitrogen and oxygen atoms in total. The first-order valence-corrected chi connectivity index (χ1v) is 7.34. The summed E-state index contributed by atoms with van der Waals surface area (Å²) in [5.74, 6) is -0.215. The van der Waals surface area contributed by atoms with Crippen molar-refractivity contribution in [3.05, 3.63) is 77.5 Å². The number of aromatic nitrogens is 1. The lowest BCUT2D eigenvalue weighted by molar-refractivity contribution is 0.0935. The fourth-order valence-corrected chi connectivity index (χ4v) is 2.39. The van der Waals surface area contributed by atoms with Crippen molar-refractivity contribution in [1.29, 1.82) is 5.26 Å². The highest BCUT2D eigenvalue weighted by molar-refractivity contribution is 5.95. The highest BCUT2D eigenvalue weighted by Crippen LogP contribution is 2.15. The minimum Gasteiger partial charge on any atom is -0.344 e. The number of amides is 1. The first-order chi connectivity index (χ1) is 11.2. The van der Waals surface area contributed by atoms with Gasteiger partial charge in [0.15, 0.2) is 0 Å². The van der Waals surface area contributed by atoms with Crippen molar-refractivity contribution < 1.29 is 4.79 Å². The minimum absolute atomic E-state index is 0.163. The van der Waals surface area contributed by atoms with Gasteiger partial charge in [0.2, 0.25) is 0 Å². The molecule has 1 heterocycles. The number of rotatable bonds is 3. The summed E-state index contributed by atoms with van der Waals surface area (Å²) >= 11 is 0. The molecule has 1 amide bonds. The summed E-state index contributed by atoms with van der Waals surface area (Å²) in [6, 6.07) is 20.4. The van der Waals surface area contributed by atoms with Crippen molar-refractivity contribution in [2.45, 2.75) is 13.0 Å². The first kappa shape index (κ1) is 14.7. The van der Waals surface area contributed by atoms with Gasteiger partial charge in [0.1, 0.15) is 5.69 Å². The lowest BCUT2D eigenvalue weighted by atomic mass is 10.1. The third-order valence-electron chi connectivity index (χ3n) is 3.72. The van der Waals surface area contributed by atoms with E-state index in [1.807, 2.05) is 49.4 Å². The number of nitrogens with zero attached hydrogens (tertiary/aromatic N) is 2. The molecule has 1 aromatic heterocycles. The van der Waals surface area contributed by atoms with Crippen LogP contribution < -0.4 is 5.32 Å². The van der Waals surface area contributed by atoms with Gasteiger partial charge < -0.3 is 5.32 Å². The molecule has 3 rings (SSSR count). The van der Waals surface area contributed by atoms with Gasteiger partial charge in [-0.2, -0.15) is 5.26 Å². The Balaban J connectivity index is 1.77. The second kappa shape index (κ2) is 6.29. The number of fused-ring (bicyclic) bond motifs is 1. The van der Waals surface area contributed by atoms with E-state index in [0.717, 1.165) is 16.5 Å². The van der Waals surface area contributed by atoms with Crippen LogP contribution in [0.25, 0.3) is 10.9 Å². The third kappa shape index (κ3) is 3.19. The Morgan fingerprint density at radius 1 is 1.09 bits per heavy atom. The van der Waals surface area contributed by atoms with Gasteiger partial charge in [-0.1, -0.05) is 36.4 Å². The average molecular weight is 301 g/mol. The molecule has 0 bridgehead atoms. The van der Waals surface area contributed by atoms with Crippen LogP contribution in [0.15, 0.2) is 60.7 Å². The molecule has 1 unspecified atom stereocenters. The number of para-hydroxylation sites is 1. The lowest BCUT2D eigenvalue weighted by Gasteiger charge is -2.14. The van der Waals surface area contributed by atoms with Crippen LogP contribution in [0.4, 0.5) is 0 Å². The van der Waals surface area contributed by atoms with Crippen LogP contribution >= 0.6 is 0 Å². The number of nitriles is 1. The summed E-state index contributed by atoms with van der Waals surface area (Å²) in [7, 11) is 0. The maximum absolute atomic E-state index is 12.4. The standard InChI is InChI=1S/C19H15N3O/c1-13(15-8-6-14(12-20)7-9-15)21-19(23)18-11-10-16-4-2-3-5-17(16)22-18/h2-11,13H,1H3,(H,21,23). The van der Waals surface area contributed by atoms with Gasteiger partial charge in [-0.3, -0.25) is 4.79 Å². The summed E-state index contributed by atoms with van der Waals surface area (Å²) in [6.07, 6.45) is 0. The molecule has 0 aliphatic heterocycles. The van der Waals surface area contributed by atoms with Crippen LogP contribution in [0.2, 0.25) is 0 Å². The number of nitrogens with one attached hydrogen (secondary N) is 1. The summed E-state index contributed by atoms with van der Waals surface area (Å²) in [5.41, 5.74) is 2.73. The zero-order chi connectivity index (χ0) is 16.2. The van der Waals surface area contributed by atoms with Gasteiger partial charge in [0.05, 0.1) is 23.2 Å². The molecule has 1 atom stereocenters. The van der Waals surface area contributed by atoms with Crippen molar-refractivity contribution in [3.63, 3.8) is 0 Å². The smallest absolute Gasteiger partial charge is 0.270 e. The van der Waals surface area contributed by atoms with Crippen LogP contribution in [0.5, 0.6) is 0 Å². The van der Waals surface area contributed by atoms with E-state index in [9.17, 15) is 4.79 Å². The molecule has 23 heavy (non-hydrogen) atoms. The summed E-state index contributed by atoms with van der Waals surface area (Å²) in [5, 5.41) is 12.8. The second-order valence-corrected chi connectivity index (χ2v) is 5.32. The topological polar surface area (TPSA) is 65.8 Å². The Morgan fingerprint density at radius 2 is 1.83 bits per heavy atom. The lowest BCUT2D eigenvalue weighted by Crippen LogP contribution is -2.27. The van der Waals surface area contributed by atoms with Gasteiger partial charge in [0.25, 0.3) is 5.91 Å². The highest BCUT2D eigenvalue weighted by atomic mass is 16.1. The zero-order valence-electron chi connectivity index (χ0n) is 12.7. The van der Waals surface area contributed by atoms with E-state index in [4.69, 9.17) is 5.26 Å². The number of hydrogen-bond acceptors (Lipinski definition) is 3. The molecule has 0 aliphatic rings. The first-order valence-electron chi connectivity index (χ1n) is 7.34. The Morgan fingerprint density at radius 3 is 2.57 bits per heavy atom. The van der Waals surface area contributed by atoms with E-state index in [1.165, 1.54) is 0 Å². The summed E-state index contributed by atoms with van der Waals surface area (Å²) < 4.78 is 0. The molecule has 2 aromatic carbocycles. The zero-order valence-corrected chi connectivity index (χ0v) is 12.7. The van der Waals surface area contributed by atoms with Gasteiger partial charge in [-0.05, 0) is 36.8 Å². The molecule has 112 valence electrons. The Hall–Kier alpha value is -3.19. The number of benzene rings is 2. The molecular formula is C19H15N3O. The molecule has 1 N–H and O–H groups in total. The average Bonchev–Trinajstić information content (AvgIpc) is 2.61. The van der Waals surface area contributed by atoms with Crippen molar-refractivity contribution in [2.75, 3.05) is 0 Å². The van der Waals surface area contributed by atoms with Crippen LogP contribution in [-0.4, -0.2) is 10.9 Å². The maximum Gasteiger partial charge on any atom is 0.270 e. The molecule has 4 heteroatoms. The summed E-state index contributed by atoms with van der Waals surface area (Å²) in [6.45, 7) is 1.90. The van der Waals surface area contributed by atoms with Crippen LogP contribution in [0.3, 0.4) is 0 Å². The van der Waals surface area contributed by atoms with Crippen molar-refractivity contribution in [1.82, 2.24) is 10.3 Å². The quantitative estimate of drug-likeness (QED) is 0.804. The van der Waals surface area contributed by atoms with E-state index in [2.05, 4.69) is 16.4 Å². The number of pyridine rings is 1. The Bertz CT molecular complexity index is 894. The van der Waals surface area contributed by atoms with Gasteiger partial charge in [-0.15, -0.1) is 0 Å². The van der Waals surface area contributed by atoms with Gasteiger partial charge in [0, 0.05) is 5.39 Å². The van der Waals surface area contributed by atoms with Crippen molar-refractivity contribution in [3.8, 4) is 6.07 Å². The molecule has 0 radical (unpaired) electrons. The minimum atomic E-state index is -0.215. The molecule has 0 saturated carbocycles. The Kier molecular flexibility index (Phi) is 4.03. The van der Waals surface area contributed by atoms with Crippen LogP contribution in [0, 0.1) is 11.3 Å². The normalized spacial score (nSPS) is 11.7. The van der Waals surface area contributed by atoms with E-state index in [1.54, 1.807) is 18.2 Å². The highest BCUT2D eigenvalue weighted by Gasteiger charge is 2.13. The molecular weight excluding hydrogens is 286 g/mol.